The predicted octanol–water partition coefficient (Wildman–Crippen LogP) is 4.30. The molecule has 0 aliphatic heterocycles. The number of carbonyl (C=O) groups excluding carboxylic acids is 2. The summed E-state index contributed by atoms with van der Waals surface area (Å²) in [6.45, 7) is 0.449. The summed E-state index contributed by atoms with van der Waals surface area (Å²) in [4.78, 5) is 22.6. The van der Waals surface area contributed by atoms with Gasteiger partial charge in [-0.3, -0.25) is 9.59 Å². The van der Waals surface area contributed by atoms with Crippen LogP contribution in [0.2, 0.25) is 0 Å². The van der Waals surface area contributed by atoms with E-state index < -0.39 is 0 Å². The highest BCUT2D eigenvalue weighted by atomic mass is 79.9. The van der Waals surface area contributed by atoms with Gasteiger partial charge in [0.2, 0.25) is 0 Å². The Balaban J connectivity index is 1.77. The van der Waals surface area contributed by atoms with E-state index in [1.54, 1.807) is 36.4 Å². The van der Waals surface area contributed by atoms with Gasteiger partial charge in [-0.05, 0) is 30.7 Å². The van der Waals surface area contributed by atoms with Crippen molar-refractivity contribution in [2.45, 2.75) is 12.8 Å². The number of aldehydes is 1. The maximum atomic E-state index is 12.0. The van der Waals surface area contributed by atoms with Crippen molar-refractivity contribution in [2.75, 3.05) is 6.61 Å². The van der Waals surface area contributed by atoms with Crippen molar-refractivity contribution < 1.29 is 14.3 Å². The van der Waals surface area contributed by atoms with Crippen molar-refractivity contribution in [3.05, 3.63) is 64.1 Å². The molecule has 0 heterocycles. The van der Waals surface area contributed by atoms with Crippen LogP contribution >= 0.6 is 15.9 Å². The first-order valence-electron chi connectivity index (χ1n) is 6.66. The molecule has 0 aliphatic carbocycles. The number of hydrogen-bond acceptors (Lipinski definition) is 3. The summed E-state index contributed by atoms with van der Waals surface area (Å²) in [7, 11) is 0. The topological polar surface area (TPSA) is 43.4 Å². The van der Waals surface area contributed by atoms with Crippen molar-refractivity contribution in [1.29, 1.82) is 0 Å². The molecule has 2 aromatic carbocycles. The number of hydrogen-bond donors (Lipinski definition) is 0. The summed E-state index contributed by atoms with van der Waals surface area (Å²) < 4.78 is 6.49. The van der Waals surface area contributed by atoms with Crippen LogP contribution in [0.4, 0.5) is 0 Å². The molecule has 0 N–H and O–H groups in total. The van der Waals surface area contributed by atoms with Gasteiger partial charge in [0.1, 0.15) is 12.0 Å². The van der Waals surface area contributed by atoms with Crippen molar-refractivity contribution in [1.82, 2.24) is 0 Å². The predicted molar refractivity (Wildman–Crippen MR) is 85.0 cm³/mol. The Morgan fingerprint density at radius 1 is 1.14 bits per heavy atom. The molecule has 0 aromatic heterocycles. The van der Waals surface area contributed by atoms with Crippen LogP contribution in [0.3, 0.4) is 0 Å². The van der Waals surface area contributed by atoms with Gasteiger partial charge in [-0.15, -0.1) is 0 Å². The fraction of sp³-hybridized carbons (Fsp3) is 0.176. The second-order valence-corrected chi connectivity index (χ2v) is 5.49. The molecule has 0 amide bonds. The Labute approximate surface area is 132 Å². The molecule has 2 aromatic rings. The molecule has 3 nitrogen and oxygen atoms in total. The third-order valence-corrected chi connectivity index (χ3v) is 3.51. The summed E-state index contributed by atoms with van der Waals surface area (Å²) in [5.41, 5.74) is 1.29. The number of halogens is 1. The summed E-state index contributed by atoms with van der Waals surface area (Å²) in [5.74, 6) is 0.753. The Bertz CT molecular complexity index is 620. The summed E-state index contributed by atoms with van der Waals surface area (Å²) >= 11 is 3.34. The van der Waals surface area contributed by atoms with E-state index in [0.29, 0.717) is 36.3 Å². The van der Waals surface area contributed by atoms with Crippen LogP contribution in [-0.4, -0.2) is 18.7 Å². The molecule has 0 radical (unpaired) electrons. The average Bonchev–Trinajstić information content (AvgIpc) is 2.52. The highest BCUT2D eigenvalue weighted by molar-refractivity contribution is 9.10. The number of ether oxygens (including phenoxy) is 1. The van der Waals surface area contributed by atoms with E-state index in [4.69, 9.17) is 4.74 Å². The van der Waals surface area contributed by atoms with Crippen LogP contribution in [0.15, 0.2) is 53.0 Å². The molecule has 0 fully saturated rings. The maximum Gasteiger partial charge on any atom is 0.163 e. The fourth-order valence-electron chi connectivity index (χ4n) is 1.88. The van der Waals surface area contributed by atoms with Gasteiger partial charge in [0.25, 0.3) is 0 Å². The molecule has 0 bridgehead atoms. The number of carbonyl (C=O) groups is 2. The van der Waals surface area contributed by atoms with Gasteiger partial charge in [0, 0.05) is 22.0 Å². The Morgan fingerprint density at radius 3 is 2.62 bits per heavy atom. The number of rotatable bonds is 7. The first kappa shape index (κ1) is 15.4. The van der Waals surface area contributed by atoms with Crippen molar-refractivity contribution in [3.8, 4) is 5.75 Å². The van der Waals surface area contributed by atoms with Gasteiger partial charge in [-0.2, -0.15) is 0 Å². The summed E-state index contributed by atoms with van der Waals surface area (Å²) in [6.07, 6.45) is 1.86. The monoisotopic (exact) mass is 346 g/mol. The molecular formula is C17H15BrO3. The molecule has 4 heteroatoms. The highest BCUT2D eigenvalue weighted by Gasteiger charge is 2.05. The van der Waals surface area contributed by atoms with Gasteiger partial charge < -0.3 is 4.74 Å². The van der Waals surface area contributed by atoms with Crippen LogP contribution in [0.1, 0.15) is 33.6 Å². The number of benzene rings is 2. The molecular weight excluding hydrogens is 332 g/mol. The number of Topliss-reactive ketones (excluding diaryl/α,β-unsaturated/α-hetero) is 1. The molecule has 21 heavy (non-hydrogen) atoms. The van der Waals surface area contributed by atoms with Crippen molar-refractivity contribution in [2.24, 2.45) is 0 Å². The third kappa shape index (κ3) is 4.83. The Hall–Kier alpha value is -1.94. The second-order valence-electron chi connectivity index (χ2n) is 4.57. The van der Waals surface area contributed by atoms with Gasteiger partial charge in [0.05, 0.1) is 6.61 Å². The SMILES string of the molecule is O=Cc1cccc(OCCCC(=O)c2ccc(Br)cc2)c1. The minimum atomic E-state index is 0.104. The van der Waals surface area contributed by atoms with Crippen LogP contribution in [0.25, 0.3) is 0 Å². The van der Waals surface area contributed by atoms with Crippen LogP contribution < -0.4 is 4.74 Å². The highest BCUT2D eigenvalue weighted by Crippen LogP contribution is 2.14. The molecule has 0 spiro atoms. The van der Waals surface area contributed by atoms with Gasteiger partial charge >= 0.3 is 0 Å². The minimum absolute atomic E-state index is 0.104. The van der Waals surface area contributed by atoms with E-state index in [1.807, 2.05) is 12.1 Å². The summed E-state index contributed by atoms with van der Waals surface area (Å²) in [6, 6.07) is 14.3. The van der Waals surface area contributed by atoms with Crippen molar-refractivity contribution >= 4 is 28.0 Å². The van der Waals surface area contributed by atoms with E-state index in [2.05, 4.69) is 15.9 Å². The first-order valence-corrected chi connectivity index (χ1v) is 7.45. The largest absolute Gasteiger partial charge is 0.494 e. The van der Waals surface area contributed by atoms with E-state index in [0.717, 1.165) is 10.8 Å². The van der Waals surface area contributed by atoms with E-state index in [-0.39, 0.29) is 5.78 Å². The van der Waals surface area contributed by atoms with E-state index in [9.17, 15) is 9.59 Å². The van der Waals surface area contributed by atoms with Crippen LogP contribution in [0.5, 0.6) is 5.75 Å². The zero-order valence-electron chi connectivity index (χ0n) is 11.4. The molecule has 108 valence electrons. The maximum absolute atomic E-state index is 12.0. The quantitative estimate of drug-likeness (QED) is 0.426. The lowest BCUT2D eigenvalue weighted by atomic mass is 10.1. The first-order chi connectivity index (χ1) is 10.2. The Kier molecular flexibility index (Phi) is 5.69. The van der Waals surface area contributed by atoms with Gasteiger partial charge in [-0.1, -0.05) is 40.2 Å². The van der Waals surface area contributed by atoms with Crippen LogP contribution in [-0.2, 0) is 0 Å². The summed E-state index contributed by atoms with van der Waals surface area (Å²) in [5, 5.41) is 0. The normalized spacial score (nSPS) is 10.1. The van der Waals surface area contributed by atoms with Crippen molar-refractivity contribution in [3.63, 3.8) is 0 Å². The smallest absolute Gasteiger partial charge is 0.163 e. The molecule has 0 unspecified atom stereocenters. The minimum Gasteiger partial charge on any atom is -0.494 e. The second kappa shape index (κ2) is 7.74. The van der Waals surface area contributed by atoms with Crippen LogP contribution in [0, 0.1) is 0 Å². The Morgan fingerprint density at radius 2 is 1.90 bits per heavy atom. The zero-order valence-corrected chi connectivity index (χ0v) is 13.0. The lowest BCUT2D eigenvalue weighted by molar-refractivity contribution is 0.0973. The standard InChI is InChI=1S/C17H15BrO3/c18-15-8-6-14(7-9-15)17(20)5-2-10-21-16-4-1-3-13(11-16)12-19/h1,3-4,6-9,11-12H,2,5,10H2. The molecule has 0 aliphatic rings. The lowest BCUT2D eigenvalue weighted by Gasteiger charge is -2.06. The van der Waals surface area contributed by atoms with E-state index in [1.165, 1.54) is 0 Å². The van der Waals surface area contributed by atoms with Gasteiger partial charge in [0.15, 0.2) is 5.78 Å². The molecule has 0 atom stereocenters. The average molecular weight is 347 g/mol. The lowest BCUT2D eigenvalue weighted by Crippen LogP contribution is -2.04. The number of ketones is 1. The fourth-order valence-corrected chi connectivity index (χ4v) is 2.14. The molecule has 0 saturated heterocycles. The molecule has 2 rings (SSSR count). The molecule has 0 saturated carbocycles. The van der Waals surface area contributed by atoms with Gasteiger partial charge in [-0.25, -0.2) is 0 Å². The van der Waals surface area contributed by atoms with E-state index >= 15 is 0 Å². The zero-order chi connectivity index (χ0) is 15.1. The third-order valence-electron chi connectivity index (χ3n) is 2.98.